The predicted octanol–water partition coefficient (Wildman–Crippen LogP) is 4.23. The van der Waals surface area contributed by atoms with E-state index in [2.05, 4.69) is 33.9 Å². The summed E-state index contributed by atoms with van der Waals surface area (Å²) in [4.78, 5) is 12.1. The van der Waals surface area contributed by atoms with Crippen LogP contribution in [0.5, 0.6) is 0 Å². The zero-order chi connectivity index (χ0) is 16.9. The van der Waals surface area contributed by atoms with Crippen molar-refractivity contribution >= 4 is 21.7 Å². The van der Waals surface area contributed by atoms with Gasteiger partial charge in [0.15, 0.2) is 8.32 Å². The van der Waals surface area contributed by atoms with Crippen LogP contribution in [0.2, 0.25) is 18.1 Å². The van der Waals surface area contributed by atoms with E-state index in [0.717, 1.165) is 6.42 Å². The van der Waals surface area contributed by atoms with Crippen LogP contribution >= 0.6 is 7.60 Å². The van der Waals surface area contributed by atoms with Crippen LogP contribution in [0.15, 0.2) is 0 Å². The molecule has 1 atom stereocenters. The monoisotopic (exact) mass is 338 g/mol. The Morgan fingerprint density at radius 3 is 2.00 bits per heavy atom. The Balaban J connectivity index is 4.73. The normalized spacial score (nSPS) is 15.0. The third kappa shape index (κ3) is 6.74. The van der Waals surface area contributed by atoms with Crippen LogP contribution < -0.4 is 0 Å². The molecule has 0 saturated heterocycles. The lowest BCUT2D eigenvalue weighted by Gasteiger charge is -2.39. The third-order valence-electron chi connectivity index (χ3n) is 4.10. The Morgan fingerprint density at radius 2 is 1.67 bits per heavy atom. The maximum absolute atomic E-state index is 12.1. The van der Waals surface area contributed by atoms with Gasteiger partial charge in [-0.1, -0.05) is 27.7 Å². The Morgan fingerprint density at radius 1 is 1.19 bits per heavy atom. The second kappa shape index (κ2) is 8.02. The molecule has 0 aromatic rings. The molecular formula is C14H31O5PSi. The number of hydrogen-bond donors (Lipinski definition) is 0. The van der Waals surface area contributed by atoms with Gasteiger partial charge in [-0.3, -0.25) is 9.36 Å². The van der Waals surface area contributed by atoms with E-state index < -0.39 is 15.9 Å². The molecule has 5 nitrogen and oxygen atoms in total. The molecular weight excluding hydrogens is 307 g/mol. The van der Waals surface area contributed by atoms with Crippen LogP contribution in [0.3, 0.4) is 0 Å². The van der Waals surface area contributed by atoms with Crippen molar-refractivity contribution < 1.29 is 22.8 Å². The summed E-state index contributed by atoms with van der Waals surface area (Å²) in [6.45, 7) is 12.8. The fourth-order valence-corrected chi connectivity index (χ4v) is 4.01. The summed E-state index contributed by atoms with van der Waals surface area (Å²) in [6, 6.07) is 0. The predicted molar refractivity (Wildman–Crippen MR) is 88.5 cm³/mol. The van der Waals surface area contributed by atoms with Crippen molar-refractivity contribution in [3.63, 3.8) is 0 Å². The topological polar surface area (TPSA) is 61.8 Å². The van der Waals surface area contributed by atoms with Crippen LogP contribution in [0.25, 0.3) is 0 Å². The molecule has 0 saturated carbocycles. The van der Waals surface area contributed by atoms with Crippen molar-refractivity contribution in [2.24, 2.45) is 0 Å². The fraction of sp³-hybridized carbons (Fsp3) is 0.929. The minimum atomic E-state index is -3.28. The molecule has 0 aliphatic heterocycles. The number of carbonyl (C=O) groups excluding carboxylic acids is 1. The number of rotatable bonds is 9. The molecule has 126 valence electrons. The lowest BCUT2D eigenvalue weighted by Crippen LogP contribution is -2.44. The van der Waals surface area contributed by atoms with Gasteiger partial charge in [0.05, 0.1) is 6.10 Å². The first-order chi connectivity index (χ1) is 9.40. The quantitative estimate of drug-likeness (QED) is 0.465. The van der Waals surface area contributed by atoms with E-state index >= 15 is 0 Å². The minimum absolute atomic E-state index is 0.0951. The number of ketones is 1. The molecule has 0 heterocycles. The Kier molecular flexibility index (Phi) is 8.02. The van der Waals surface area contributed by atoms with Gasteiger partial charge < -0.3 is 13.5 Å². The maximum atomic E-state index is 12.1. The summed E-state index contributed by atoms with van der Waals surface area (Å²) >= 11 is 0. The molecule has 0 bridgehead atoms. The third-order valence-corrected chi connectivity index (χ3v) is 10.5. The fourth-order valence-electron chi connectivity index (χ4n) is 1.60. The summed E-state index contributed by atoms with van der Waals surface area (Å²) in [5.41, 5.74) is 0. The van der Waals surface area contributed by atoms with E-state index in [1.807, 2.05) is 6.92 Å². The van der Waals surface area contributed by atoms with Gasteiger partial charge in [0.2, 0.25) is 0 Å². The smallest absolute Gasteiger partial charge is 0.337 e. The van der Waals surface area contributed by atoms with Crippen molar-refractivity contribution in [1.82, 2.24) is 0 Å². The minimum Gasteiger partial charge on any atom is -0.414 e. The molecule has 7 heteroatoms. The molecule has 0 aliphatic rings. The van der Waals surface area contributed by atoms with Crippen LogP contribution in [0, 0.1) is 0 Å². The Bertz CT molecular complexity index is 381. The standard InChI is InChI=1S/C14H31O5PSi/c1-9-13(19-21(7,8)14(2,3)4)10-12(15)11-20(16,17-5)18-6/h13H,9-11H2,1-8H3/t13-/m1/s1. The van der Waals surface area contributed by atoms with Crippen LogP contribution in [-0.4, -0.2) is 40.6 Å². The van der Waals surface area contributed by atoms with Gasteiger partial charge in [-0.25, -0.2) is 0 Å². The van der Waals surface area contributed by atoms with Crippen molar-refractivity contribution in [2.45, 2.75) is 64.8 Å². The van der Waals surface area contributed by atoms with Gasteiger partial charge in [-0.2, -0.15) is 0 Å². The van der Waals surface area contributed by atoms with Gasteiger partial charge in [0, 0.05) is 20.6 Å². The molecule has 21 heavy (non-hydrogen) atoms. The second-order valence-electron chi connectivity index (χ2n) is 6.79. The van der Waals surface area contributed by atoms with Gasteiger partial charge in [0.25, 0.3) is 0 Å². The number of hydrogen-bond acceptors (Lipinski definition) is 5. The molecule has 0 rings (SSSR count). The Labute approximate surface area is 130 Å². The summed E-state index contributed by atoms with van der Waals surface area (Å²) in [6.07, 6.45) is 0.667. The van der Waals surface area contributed by atoms with E-state index in [9.17, 15) is 9.36 Å². The number of Topliss-reactive ketones (excluding diaryl/α,β-unsaturated/α-hetero) is 1. The van der Waals surface area contributed by atoms with Crippen LogP contribution in [0.1, 0.15) is 40.5 Å². The summed E-state index contributed by atoms with van der Waals surface area (Å²) in [5, 5.41) is 0.0951. The molecule has 0 spiro atoms. The summed E-state index contributed by atoms with van der Waals surface area (Å²) in [7, 11) is -2.61. The van der Waals surface area contributed by atoms with E-state index in [4.69, 9.17) is 13.5 Å². The highest BCUT2D eigenvalue weighted by molar-refractivity contribution is 7.54. The van der Waals surface area contributed by atoms with Crippen molar-refractivity contribution in [2.75, 3.05) is 20.4 Å². The van der Waals surface area contributed by atoms with Crippen molar-refractivity contribution in [3.8, 4) is 0 Å². The largest absolute Gasteiger partial charge is 0.414 e. The SMILES string of the molecule is CC[C@H](CC(=O)CP(=O)(OC)OC)O[Si](C)(C)C(C)(C)C. The molecule has 0 aliphatic carbocycles. The van der Waals surface area contributed by atoms with Gasteiger partial charge in [-0.05, 0) is 24.6 Å². The highest BCUT2D eigenvalue weighted by Crippen LogP contribution is 2.46. The molecule has 0 fully saturated rings. The summed E-state index contributed by atoms with van der Waals surface area (Å²) in [5.74, 6) is -0.146. The average molecular weight is 338 g/mol. The lowest BCUT2D eigenvalue weighted by atomic mass is 10.1. The average Bonchev–Trinajstić information content (AvgIpc) is 2.35. The maximum Gasteiger partial charge on any atom is 0.337 e. The molecule has 0 N–H and O–H groups in total. The molecule has 0 aromatic heterocycles. The first-order valence-electron chi connectivity index (χ1n) is 7.31. The highest BCUT2D eigenvalue weighted by atomic mass is 31.2. The zero-order valence-corrected chi connectivity index (χ0v) is 16.6. The highest BCUT2D eigenvalue weighted by Gasteiger charge is 2.39. The van der Waals surface area contributed by atoms with Gasteiger partial charge in [0.1, 0.15) is 11.9 Å². The van der Waals surface area contributed by atoms with E-state index in [-0.39, 0.29) is 29.5 Å². The van der Waals surface area contributed by atoms with E-state index in [1.54, 1.807) is 0 Å². The van der Waals surface area contributed by atoms with Crippen LogP contribution in [0.4, 0.5) is 0 Å². The molecule has 0 radical (unpaired) electrons. The van der Waals surface area contributed by atoms with Crippen LogP contribution in [-0.2, 0) is 22.8 Å². The van der Waals surface area contributed by atoms with E-state index in [1.165, 1.54) is 14.2 Å². The summed E-state index contributed by atoms with van der Waals surface area (Å²) < 4.78 is 27.8. The van der Waals surface area contributed by atoms with E-state index in [0.29, 0.717) is 0 Å². The number of carbonyl (C=O) groups is 1. The zero-order valence-electron chi connectivity index (χ0n) is 14.7. The van der Waals surface area contributed by atoms with Gasteiger partial charge >= 0.3 is 7.60 Å². The molecule has 0 amide bonds. The second-order valence-corrected chi connectivity index (χ2v) is 13.8. The first kappa shape index (κ1) is 21.0. The van der Waals surface area contributed by atoms with Crippen molar-refractivity contribution in [1.29, 1.82) is 0 Å². The van der Waals surface area contributed by atoms with Gasteiger partial charge in [-0.15, -0.1) is 0 Å². The molecule has 0 aromatic carbocycles. The van der Waals surface area contributed by atoms with Crippen molar-refractivity contribution in [3.05, 3.63) is 0 Å². The lowest BCUT2D eigenvalue weighted by molar-refractivity contribution is -0.118. The molecule has 0 unspecified atom stereocenters. The Hall–Kier alpha value is -0.00312. The first-order valence-corrected chi connectivity index (χ1v) is 11.9.